The first-order chi connectivity index (χ1) is 13.4. The topological polar surface area (TPSA) is 90.5 Å². The van der Waals surface area contributed by atoms with E-state index in [0.29, 0.717) is 35.3 Å². The van der Waals surface area contributed by atoms with E-state index in [9.17, 15) is 0 Å². The van der Waals surface area contributed by atoms with Crippen molar-refractivity contribution in [3.05, 3.63) is 35.9 Å². The molecular weight excluding hydrogens is 354 g/mol. The van der Waals surface area contributed by atoms with Crippen molar-refractivity contribution in [3.63, 3.8) is 0 Å². The average molecular weight is 386 g/mol. The standard InChI is InChI=1S/C22H31N3O3/c1-15-5-6-17(19(13-15)28-26)18-7-8-21(25-24-18)27-20-14-16(2)9-11-22(20,3)10-4-12-23/h5-8,13,16,20,26H,4,9-12,14,23H2,1-3H3/t16-,20-,22-/m1/s1. The molecule has 1 saturated carbocycles. The SMILES string of the molecule is Cc1ccc(-c2ccc(O[C@@H]3C[C@H](C)CC[C@@]3(C)CCCN)nn2)c(OO)c1. The summed E-state index contributed by atoms with van der Waals surface area (Å²) in [6.07, 6.45) is 5.57. The van der Waals surface area contributed by atoms with E-state index in [4.69, 9.17) is 15.7 Å². The third-order valence-electron chi connectivity index (χ3n) is 5.97. The Morgan fingerprint density at radius 3 is 2.75 bits per heavy atom. The van der Waals surface area contributed by atoms with Gasteiger partial charge < -0.3 is 15.4 Å². The van der Waals surface area contributed by atoms with Gasteiger partial charge in [-0.25, -0.2) is 5.26 Å². The van der Waals surface area contributed by atoms with Crippen LogP contribution in [0.4, 0.5) is 0 Å². The predicted octanol–water partition coefficient (Wildman–Crippen LogP) is 4.62. The van der Waals surface area contributed by atoms with E-state index in [1.54, 1.807) is 6.07 Å². The predicted molar refractivity (Wildman–Crippen MR) is 109 cm³/mol. The number of ether oxygens (including phenoxy) is 1. The van der Waals surface area contributed by atoms with Gasteiger partial charge in [-0.15, -0.1) is 10.2 Å². The van der Waals surface area contributed by atoms with Gasteiger partial charge in [0.1, 0.15) is 6.10 Å². The molecule has 0 saturated heterocycles. The zero-order valence-electron chi connectivity index (χ0n) is 17.0. The first-order valence-corrected chi connectivity index (χ1v) is 10.1. The molecule has 1 aliphatic carbocycles. The van der Waals surface area contributed by atoms with Gasteiger partial charge in [-0.2, -0.15) is 0 Å². The van der Waals surface area contributed by atoms with Crippen LogP contribution in [0.25, 0.3) is 11.3 Å². The van der Waals surface area contributed by atoms with Crippen molar-refractivity contribution in [1.82, 2.24) is 10.2 Å². The summed E-state index contributed by atoms with van der Waals surface area (Å²) in [6, 6.07) is 9.24. The molecule has 0 amide bonds. The summed E-state index contributed by atoms with van der Waals surface area (Å²) in [7, 11) is 0. The van der Waals surface area contributed by atoms with Gasteiger partial charge in [0, 0.05) is 17.0 Å². The van der Waals surface area contributed by atoms with E-state index >= 15 is 0 Å². The summed E-state index contributed by atoms with van der Waals surface area (Å²) >= 11 is 0. The number of nitrogens with two attached hydrogens (primary N) is 1. The summed E-state index contributed by atoms with van der Waals surface area (Å²) < 4.78 is 6.31. The fourth-order valence-corrected chi connectivity index (χ4v) is 4.08. The number of nitrogens with zero attached hydrogens (tertiary/aromatic N) is 2. The molecule has 3 rings (SSSR count). The van der Waals surface area contributed by atoms with Gasteiger partial charge in [0.2, 0.25) is 5.88 Å². The minimum Gasteiger partial charge on any atom is -0.473 e. The van der Waals surface area contributed by atoms with Gasteiger partial charge in [-0.1, -0.05) is 19.9 Å². The van der Waals surface area contributed by atoms with E-state index in [2.05, 4.69) is 28.9 Å². The Morgan fingerprint density at radius 1 is 1.25 bits per heavy atom. The fraction of sp³-hybridized carbons (Fsp3) is 0.545. The van der Waals surface area contributed by atoms with E-state index in [1.807, 2.05) is 31.2 Å². The Labute approximate surface area is 167 Å². The molecule has 28 heavy (non-hydrogen) atoms. The highest BCUT2D eigenvalue weighted by Gasteiger charge is 2.40. The maximum atomic E-state index is 9.15. The van der Waals surface area contributed by atoms with Crippen LogP contribution < -0.4 is 15.4 Å². The molecule has 6 nitrogen and oxygen atoms in total. The van der Waals surface area contributed by atoms with Crippen LogP contribution in [0.15, 0.2) is 30.3 Å². The van der Waals surface area contributed by atoms with Crippen LogP contribution in [0, 0.1) is 18.3 Å². The minimum atomic E-state index is 0.110. The smallest absolute Gasteiger partial charge is 0.233 e. The maximum absolute atomic E-state index is 9.15. The number of hydrogen-bond acceptors (Lipinski definition) is 6. The van der Waals surface area contributed by atoms with Crippen molar-refractivity contribution in [2.24, 2.45) is 17.1 Å². The molecule has 0 bridgehead atoms. The molecule has 1 aromatic heterocycles. The molecule has 0 aliphatic heterocycles. The molecule has 1 aliphatic rings. The Hall–Kier alpha value is -2.18. The summed E-state index contributed by atoms with van der Waals surface area (Å²) in [5, 5.41) is 17.7. The van der Waals surface area contributed by atoms with E-state index in [0.717, 1.165) is 31.2 Å². The van der Waals surface area contributed by atoms with Crippen molar-refractivity contribution < 1.29 is 14.9 Å². The van der Waals surface area contributed by atoms with E-state index in [1.165, 1.54) is 6.42 Å². The average Bonchev–Trinajstić information content (AvgIpc) is 2.70. The second kappa shape index (κ2) is 8.88. The van der Waals surface area contributed by atoms with Crippen molar-refractivity contribution in [2.45, 2.75) is 59.0 Å². The monoisotopic (exact) mass is 385 g/mol. The van der Waals surface area contributed by atoms with Gasteiger partial charge in [-0.05, 0) is 75.3 Å². The van der Waals surface area contributed by atoms with Gasteiger partial charge >= 0.3 is 0 Å². The quantitative estimate of drug-likeness (QED) is 0.534. The number of aryl methyl sites for hydroxylation is 1. The third kappa shape index (κ3) is 4.62. The van der Waals surface area contributed by atoms with Gasteiger partial charge in [0.15, 0.2) is 5.75 Å². The normalized spacial score (nSPS) is 24.8. The molecule has 6 heteroatoms. The lowest BCUT2D eigenvalue weighted by Crippen LogP contribution is -2.42. The number of benzene rings is 1. The molecule has 1 heterocycles. The summed E-state index contributed by atoms with van der Waals surface area (Å²) in [5.74, 6) is 1.53. The molecule has 3 atom stereocenters. The van der Waals surface area contributed by atoms with Crippen LogP contribution in [0.5, 0.6) is 11.6 Å². The molecule has 0 spiro atoms. The van der Waals surface area contributed by atoms with Crippen LogP contribution in [0.1, 0.15) is 51.5 Å². The van der Waals surface area contributed by atoms with Gasteiger partial charge in [0.25, 0.3) is 0 Å². The highest BCUT2D eigenvalue weighted by atomic mass is 17.1. The second-order valence-electron chi connectivity index (χ2n) is 8.38. The second-order valence-corrected chi connectivity index (χ2v) is 8.38. The van der Waals surface area contributed by atoms with E-state index < -0.39 is 0 Å². The lowest BCUT2D eigenvalue weighted by atomic mass is 9.67. The molecule has 0 radical (unpaired) electrons. The zero-order chi connectivity index (χ0) is 20.1. The number of rotatable bonds is 7. The zero-order valence-corrected chi connectivity index (χ0v) is 17.0. The highest BCUT2D eigenvalue weighted by Crippen LogP contribution is 2.43. The first-order valence-electron chi connectivity index (χ1n) is 10.1. The minimum absolute atomic E-state index is 0.110. The fourth-order valence-electron chi connectivity index (χ4n) is 4.08. The lowest BCUT2D eigenvalue weighted by Gasteiger charge is -2.43. The van der Waals surface area contributed by atoms with Crippen LogP contribution in [-0.2, 0) is 0 Å². The number of hydrogen-bond donors (Lipinski definition) is 2. The van der Waals surface area contributed by atoms with Gasteiger partial charge in [0.05, 0.1) is 5.69 Å². The van der Waals surface area contributed by atoms with Crippen molar-refractivity contribution in [1.29, 1.82) is 0 Å². The molecule has 0 unspecified atom stereocenters. The van der Waals surface area contributed by atoms with Crippen LogP contribution in [0.2, 0.25) is 0 Å². The van der Waals surface area contributed by atoms with Gasteiger partial charge in [-0.3, -0.25) is 0 Å². The highest BCUT2D eigenvalue weighted by molar-refractivity contribution is 5.67. The molecule has 1 fully saturated rings. The Bertz CT molecular complexity index is 777. The van der Waals surface area contributed by atoms with Crippen molar-refractivity contribution >= 4 is 0 Å². The first kappa shape index (κ1) is 20.6. The van der Waals surface area contributed by atoms with Crippen molar-refractivity contribution in [2.75, 3.05) is 6.54 Å². The van der Waals surface area contributed by atoms with Crippen LogP contribution in [-0.4, -0.2) is 28.1 Å². The van der Waals surface area contributed by atoms with E-state index in [-0.39, 0.29) is 11.5 Å². The Balaban J connectivity index is 1.77. The molecule has 1 aromatic carbocycles. The third-order valence-corrected chi connectivity index (χ3v) is 5.97. The Morgan fingerprint density at radius 2 is 2.07 bits per heavy atom. The molecule has 3 N–H and O–H groups in total. The summed E-state index contributed by atoms with van der Waals surface area (Å²) in [4.78, 5) is 4.50. The largest absolute Gasteiger partial charge is 0.473 e. The lowest BCUT2D eigenvalue weighted by molar-refractivity contribution is -0.137. The van der Waals surface area contributed by atoms with Crippen molar-refractivity contribution in [3.8, 4) is 22.9 Å². The summed E-state index contributed by atoms with van der Waals surface area (Å²) in [6.45, 7) is 7.22. The molecule has 2 aromatic rings. The summed E-state index contributed by atoms with van der Waals surface area (Å²) in [5.41, 5.74) is 8.16. The maximum Gasteiger partial charge on any atom is 0.233 e. The molecular formula is C22H31N3O3. The number of aromatic nitrogens is 2. The van der Waals surface area contributed by atoms with Crippen LogP contribution >= 0.6 is 0 Å². The van der Waals surface area contributed by atoms with Crippen LogP contribution in [0.3, 0.4) is 0 Å². The Kier molecular flexibility index (Phi) is 6.52. The molecule has 152 valence electrons.